The molecule has 0 aromatic heterocycles. The molecule has 2 aliphatic heterocycles. The molecule has 1 atom stereocenters. The van der Waals surface area contributed by atoms with Crippen LogP contribution in [-0.4, -0.2) is 48.0 Å². The van der Waals surface area contributed by atoms with Gasteiger partial charge in [-0.2, -0.15) is 0 Å². The molecule has 0 amide bonds. The van der Waals surface area contributed by atoms with Crippen molar-refractivity contribution in [3.63, 3.8) is 0 Å². The van der Waals surface area contributed by atoms with Gasteiger partial charge >= 0.3 is 0 Å². The molecule has 7 heteroatoms. The maximum Gasteiger partial charge on any atom is 0.166 e. The lowest BCUT2D eigenvalue weighted by Gasteiger charge is -2.39. The summed E-state index contributed by atoms with van der Waals surface area (Å²) in [6, 6.07) is 10.4. The summed E-state index contributed by atoms with van der Waals surface area (Å²) in [5, 5.41) is 11.0. The first-order chi connectivity index (χ1) is 13.4. The molecule has 28 heavy (non-hydrogen) atoms. The van der Waals surface area contributed by atoms with E-state index < -0.39 is 11.9 Å². The van der Waals surface area contributed by atoms with Crippen molar-refractivity contribution in [1.82, 2.24) is 4.90 Å². The minimum atomic E-state index is -0.683. The lowest BCUT2D eigenvalue weighted by Crippen LogP contribution is -2.49. The van der Waals surface area contributed by atoms with E-state index in [1.807, 2.05) is 18.2 Å². The minimum Gasteiger partial charge on any atom is -0.488 e. The van der Waals surface area contributed by atoms with Gasteiger partial charge in [-0.15, -0.1) is 0 Å². The van der Waals surface area contributed by atoms with Gasteiger partial charge in [0.1, 0.15) is 24.1 Å². The van der Waals surface area contributed by atoms with Gasteiger partial charge in [-0.05, 0) is 42.0 Å². The van der Waals surface area contributed by atoms with Crippen molar-refractivity contribution < 1.29 is 19.0 Å². The largest absolute Gasteiger partial charge is 0.488 e. The van der Waals surface area contributed by atoms with E-state index in [1.54, 1.807) is 12.1 Å². The number of hydrogen-bond acceptors (Lipinski definition) is 4. The van der Waals surface area contributed by atoms with Crippen LogP contribution >= 0.6 is 27.5 Å². The number of rotatable bonds is 5. The fraction of sp³-hybridized carbons (Fsp3) is 0.429. The summed E-state index contributed by atoms with van der Waals surface area (Å²) in [5.74, 6) is 0.637. The smallest absolute Gasteiger partial charge is 0.166 e. The highest BCUT2D eigenvalue weighted by Gasteiger charge is 2.42. The minimum absolute atomic E-state index is 0.0562. The Balaban J connectivity index is 1.25. The summed E-state index contributed by atoms with van der Waals surface area (Å²) in [7, 11) is 0. The number of nitrogens with zero attached hydrogens (tertiary/aromatic N) is 1. The van der Waals surface area contributed by atoms with Crippen molar-refractivity contribution in [3.8, 4) is 11.5 Å². The Kier molecular flexibility index (Phi) is 5.83. The highest BCUT2D eigenvalue weighted by Crippen LogP contribution is 2.41. The van der Waals surface area contributed by atoms with Crippen LogP contribution in [0.2, 0.25) is 5.02 Å². The molecule has 2 aromatic carbocycles. The molecule has 1 fully saturated rings. The molecule has 4 nitrogen and oxygen atoms in total. The third-order valence-corrected chi connectivity index (χ3v) is 6.15. The van der Waals surface area contributed by atoms with E-state index in [0.717, 1.165) is 43.1 Å². The predicted octanol–water partition coefficient (Wildman–Crippen LogP) is 4.45. The SMILES string of the molecule is O[C@H](COc1ccc(Br)cc1F)CN1CCC2(CC1)Cc1cc(Cl)ccc1O2. The number of aliphatic hydroxyl groups is 1. The molecule has 1 N–H and O–H groups in total. The van der Waals surface area contributed by atoms with Gasteiger partial charge in [0.2, 0.25) is 0 Å². The maximum absolute atomic E-state index is 13.8. The van der Waals surface area contributed by atoms with Gasteiger partial charge in [-0.3, -0.25) is 0 Å². The van der Waals surface area contributed by atoms with E-state index in [4.69, 9.17) is 21.1 Å². The van der Waals surface area contributed by atoms with Gasteiger partial charge in [0.05, 0.1) is 0 Å². The summed E-state index contributed by atoms with van der Waals surface area (Å²) in [4.78, 5) is 2.20. The zero-order valence-corrected chi connectivity index (χ0v) is 17.7. The summed E-state index contributed by atoms with van der Waals surface area (Å²) in [5.41, 5.74) is 1.01. The zero-order valence-electron chi connectivity index (χ0n) is 15.3. The molecular formula is C21H22BrClFNO3. The number of likely N-dealkylation sites (tertiary alicyclic amines) is 1. The first kappa shape index (κ1) is 20.0. The van der Waals surface area contributed by atoms with Gasteiger partial charge in [0, 0.05) is 48.4 Å². The molecule has 2 heterocycles. The Morgan fingerprint density at radius 3 is 2.79 bits per heavy atom. The Morgan fingerprint density at radius 2 is 2.04 bits per heavy atom. The standard InChI is InChI=1S/C21H22BrClFNO3/c22-15-1-3-20(18(24)10-15)27-13-17(26)12-25-7-5-21(6-8-25)11-14-9-16(23)2-4-19(14)28-21/h1-4,9-10,17,26H,5-8,11-13H2/t17-/m0/s1. The molecule has 4 rings (SSSR count). The van der Waals surface area contributed by atoms with E-state index in [-0.39, 0.29) is 18.0 Å². The molecule has 1 saturated heterocycles. The van der Waals surface area contributed by atoms with Gasteiger partial charge in [-0.1, -0.05) is 27.5 Å². The molecule has 0 bridgehead atoms. The van der Waals surface area contributed by atoms with E-state index >= 15 is 0 Å². The third kappa shape index (κ3) is 4.46. The van der Waals surface area contributed by atoms with E-state index in [2.05, 4.69) is 20.8 Å². The van der Waals surface area contributed by atoms with Gasteiger partial charge in [-0.25, -0.2) is 4.39 Å². The highest BCUT2D eigenvalue weighted by atomic mass is 79.9. The normalized spacial score (nSPS) is 19.3. The summed E-state index contributed by atoms with van der Waals surface area (Å²) >= 11 is 9.31. The Hall–Kier alpha value is -1.34. The van der Waals surface area contributed by atoms with Gasteiger partial charge < -0.3 is 19.5 Å². The maximum atomic E-state index is 13.8. The van der Waals surface area contributed by atoms with Crippen molar-refractivity contribution in [2.24, 2.45) is 0 Å². The van der Waals surface area contributed by atoms with Crippen LogP contribution in [0.15, 0.2) is 40.9 Å². The van der Waals surface area contributed by atoms with Crippen LogP contribution in [0.3, 0.4) is 0 Å². The fourth-order valence-corrected chi connectivity index (χ4v) is 4.48. The van der Waals surface area contributed by atoms with Gasteiger partial charge in [0.15, 0.2) is 11.6 Å². The van der Waals surface area contributed by atoms with Crippen molar-refractivity contribution >= 4 is 27.5 Å². The second-order valence-corrected chi connectivity index (χ2v) is 8.91. The molecule has 2 aliphatic rings. The quantitative estimate of drug-likeness (QED) is 0.701. The first-order valence-electron chi connectivity index (χ1n) is 9.38. The lowest BCUT2D eigenvalue weighted by atomic mass is 9.87. The van der Waals surface area contributed by atoms with Crippen molar-refractivity contribution in [3.05, 3.63) is 57.3 Å². The second-order valence-electron chi connectivity index (χ2n) is 7.55. The average molecular weight is 471 g/mol. The number of hydrogen-bond donors (Lipinski definition) is 1. The number of β-amino-alcohol motifs (C(OH)–C–C–N with tert-alkyl or cyclic N) is 1. The number of ether oxygens (including phenoxy) is 2. The number of piperidine rings is 1. The van der Waals surface area contributed by atoms with Crippen LogP contribution in [-0.2, 0) is 6.42 Å². The molecule has 0 saturated carbocycles. The Labute approximate surface area is 177 Å². The van der Waals surface area contributed by atoms with Crippen molar-refractivity contribution in [1.29, 1.82) is 0 Å². The molecule has 0 aliphatic carbocycles. The Bertz CT molecular complexity index is 858. The topological polar surface area (TPSA) is 41.9 Å². The zero-order chi connectivity index (χ0) is 19.7. The van der Waals surface area contributed by atoms with Crippen LogP contribution in [0.1, 0.15) is 18.4 Å². The lowest BCUT2D eigenvalue weighted by molar-refractivity contribution is -0.00219. The highest BCUT2D eigenvalue weighted by molar-refractivity contribution is 9.10. The number of aliphatic hydroxyl groups excluding tert-OH is 1. The number of fused-ring (bicyclic) bond motifs is 1. The summed E-state index contributed by atoms with van der Waals surface area (Å²) < 4.78 is 26.1. The fourth-order valence-electron chi connectivity index (χ4n) is 3.95. The van der Waals surface area contributed by atoms with E-state index in [9.17, 15) is 9.50 Å². The number of benzene rings is 2. The Morgan fingerprint density at radius 1 is 1.25 bits per heavy atom. The van der Waals surface area contributed by atoms with Crippen molar-refractivity contribution in [2.45, 2.75) is 31.0 Å². The third-order valence-electron chi connectivity index (χ3n) is 5.42. The molecule has 0 unspecified atom stereocenters. The summed E-state index contributed by atoms with van der Waals surface area (Å²) in [6.45, 7) is 2.23. The predicted molar refractivity (Wildman–Crippen MR) is 110 cm³/mol. The van der Waals surface area contributed by atoms with Crippen LogP contribution in [0, 0.1) is 5.82 Å². The van der Waals surface area contributed by atoms with Crippen LogP contribution in [0.4, 0.5) is 4.39 Å². The first-order valence-corrected chi connectivity index (χ1v) is 10.6. The molecule has 150 valence electrons. The van der Waals surface area contributed by atoms with E-state index in [0.29, 0.717) is 11.0 Å². The second kappa shape index (κ2) is 8.19. The molecule has 1 spiro atoms. The molecule has 2 aromatic rings. The molecular weight excluding hydrogens is 449 g/mol. The summed E-state index contributed by atoms with van der Waals surface area (Å²) in [6.07, 6.45) is 1.99. The van der Waals surface area contributed by atoms with Gasteiger partial charge in [0.25, 0.3) is 0 Å². The van der Waals surface area contributed by atoms with Crippen LogP contribution in [0.5, 0.6) is 11.5 Å². The monoisotopic (exact) mass is 469 g/mol. The van der Waals surface area contributed by atoms with Crippen LogP contribution < -0.4 is 9.47 Å². The average Bonchev–Trinajstić information content (AvgIpc) is 3.00. The number of halogens is 3. The molecule has 0 radical (unpaired) electrons. The van der Waals surface area contributed by atoms with E-state index in [1.165, 1.54) is 11.6 Å². The van der Waals surface area contributed by atoms with Crippen LogP contribution in [0.25, 0.3) is 0 Å². The van der Waals surface area contributed by atoms with Crippen molar-refractivity contribution in [2.75, 3.05) is 26.2 Å².